The lowest BCUT2D eigenvalue weighted by atomic mass is 10.1. The number of halogens is 1. The Balaban J connectivity index is 0.00000264. The van der Waals surface area contributed by atoms with Gasteiger partial charge in [-0.25, -0.2) is 13.6 Å². The highest BCUT2D eigenvalue weighted by Gasteiger charge is 2.06. The topological polar surface area (TPSA) is 72.2 Å². The number of benzene rings is 2. The van der Waals surface area contributed by atoms with Gasteiger partial charge in [0.2, 0.25) is 10.0 Å². The van der Waals surface area contributed by atoms with E-state index in [1.54, 1.807) is 12.1 Å². The molecule has 2 aromatic rings. The van der Waals surface area contributed by atoms with E-state index in [4.69, 9.17) is 5.14 Å². The Kier molecular flexibility index (Phi) is 7.79. The second kappa shape index (κ2) is 9.33. The zero-order valence-electron chi connectivity index (χ0n) is 12.5. The minimum absolute atomic E-state index is 0. The summed E-state index contributed by atoms with van der Waals surface area (Å²) in [4.78, 5) is 0.137. The molecule has 3 N–H and O–H groups in total. The van der Waals surface area contributed by atoms with Gasteiger partial charge in [0.1, 0.15) is 0 Å². The van der Waals surface area contributed by atoms with E-state index in [0.717, 1.165) is 24.1 Å². The van der Waals surface area contributed by atoms with Crippen molar-refractivity contribution in [2.24, 2.45) is 5.14 Å². The maximum absolute atomic E-state index is 11.1. The molecule has 0 spiro atoms. The summed E-state index contributed by atoms with van der Waals surface area (Å²) in [6.07, 6.45) is 0.803. The van der Waals surface area contributed by atoms with E-state index < -0.39 is 10.0 Å². The third-order valence-electron chi connectivity index (χ3n) is 3.06. The Hall–Kier alpha value is -1.84. The van der Waals surface area contributed by atoms with Gasteiger partial charge in [-0.15, -0.1) is 12.4 Å². The molecular weight excluding hydrogens is 332 g/mol. The fourth-order valence-corrected chi connectivity index (χ4v) is 2.41. The number of hydrogen-bond donors (Lipinski definition) is 2. The number of rotatable bonds is 5. The number of nitrogens with two attached hydrogens (primary N) is 1. The molecule has 0 radical (unpaired) electrons. The molecule has 0 saturated carbocycles. The van der Waals surface area contributed by atoms with Crippen LogP contribution >= 0.6 is 12.4 Å². The minimum atomic E-state index is -3.61. The van der Waals surface area contributed by atoms with Gasteiger partial charge in [0.15, 0.2) is 0 Å². The Morgan fingerprint density at radius 1 is 1.00 bits per heavy atom. The number of primary sulfonamides is 1. The van der Waals surface area contributed by atoms with Gasteiger partial charge in [-0.2, -0.15) is 0 Å². The van der Waals surface area contributed by atoms with Gasteiger partial charge in [0.05, 0.1) is 11.4 Å². The van der Waals surface area contributed by atoms with Gasteiger partial charge in [-0.1, -0.05) is 42.2 Å². The van der Waals surface area contributed by atoms with Crippen molar-refractivity contribution in [3.63, 3.8) is 0 Å². The van der Waals surface area contributed by atoms with Crippen molar-refractivity contribution >= 4 is 22.4 Å². The van der Waals surface area contributed by atoms with Gasteiger partial charge < -0.3 is 5.32 Å². The molecule has 122 valence electrons. The molecular formula is C17H19ClN2O2S. The molecule has 0 atom stereocenters. The van der Waals surface area contributed by atoms with Crippen molar-refractivity contribution in [3.05, 3.63) is 65.7 Å². The first-order valence-electron chi connectivity index (χ1n) is 6.92. The third kappa shape index (κ3) is 6.85. The van der Waals surface area contributed by atoms with Gasteiger partial charge >= 0.3 is 0 Å². The molecule has 2 aromatic carbocycles. The Morgan fingerprint density at radius 2 is 1.65 bits per heavy atom. The molecule has 0 aliphatic carbocycles. The molecule has 0 saturated heterocycles. The van der Waals surface area contributed by atoms with Crippen LogP contribution in [0.3, 0.4) is 0 Å². The summed E-state index contributed by atoms with van der Waals surface area (Å²) in [7, 11) is -3.61. The molecule has 0 aromatic heterocycles. The second-order valence-corrected chi connectivity index (χ2v) is 6.34. The van der Waals surface area contributed by atoms with E-state index in [0.29, 0.717) is 6.54 Å². The van der Waals surface area contributed by atoms with Gasteiger partial charge in [-0.05, 0) is 36.2 Å². The molecule has 2 rings (SSSR count). The molecule has 23 heavy (non-hydrogen) atoms. The first kappa shape index (κ1) is 19.2. The van der Waals surface area contributed by atoms with E-state index in [1.165, 1.54) is 12.1 Å². The molecule has 4 nitrogen and oxygen atoms in total. The molecule has 0 bridgehead atoms. The van der Waals surface area contributed by atoms with Crippen LogP contribution in [0.4, 0.5) is 0 Å². The Labute approximate surface area is 143 Å². The summed E-state index contributed by atoms with van der Waals surface area (Å²) in [6, 6.07) is 16.4. The van der Waals surface area contributed by atoms with Crippen LogP contribution in [0.5, 0.6) is 0 Å². The monoisotopic (exact) mass is 350 g/mol. The van der Waals surface area contributed by atoms with Crippen LogP contribution in [0, 0.1) is 11.8 Å². The summed E-state index contributed by atoms with van der Waals surface area (Å²) in [6.45, 7) is 1.39. The lowest BCUT2D eigenvalue weighted by Crippen LogP contribution is -2.17. The summed E-state index contributed by atoms with van der Waals surface area (Å²) in [5.41, 5.74) is 2.05. The lowest BCUT2D eigenvalue weighted by Gasteiger charge is -2.03. The molecule has 0 fully saturated rings. The molecule has 0 amide bonds. The fourth-order valence-electron chi connectivity index (χ4n) is 1.90. The van der Waals surface area contributed by atoms with Crippen LogP contribution in [0.1, 0.15) is 11.1 Å². The highest BCUT2D eigenvalue weighted by atomic mass is 35.5. The number of hydrogen-bond acceptors (Lipinski definition) is 3. The summed E-state index contributed by atoms with van der Waals surface area (Å²) in [5.74, 6) is 6.13. The molecule has 0 heterocycles. The van der Waals surface area contributed by atoms with E-state index in [2.05, 4.69) is 17.2 Å². The average molecular weight is 351 g/mol. The van der Waals surface area contributed by atoms with E-state index in [-0.39, 0.29) is 17.3 Å². The molecule has 0 aliphatic rings. The third-order valence-corrected chi connectivity index (χ3v) is 3.99. The van der Waals surface area contributed by atoms with E-state index in [1.807, 2.05) is 30.3 Å². The maximum atomic E-state index is 11.1. The number of sulfonamides is 1. The molecule has 0 aliphatic heterocycles. The average Bonchev–Trinajstić information content (AvgIpc) is 2.51. The summed E-state index contributed by atoms with van der Waals surface area (Å²) < 4.78 is 22.3. The van der Waals surface area contributed by atoms with E-state index in [9.17, 15) is 8.42 Å². The van der Waals surface area contributed by atoms with Crippen LogP contribution in [-0.4, -0.2) is 21.5 Å². The highest BCUT2D eigenvalue weighted by Crippen LogP contribution is 2.08. The Morgan fingerprint density at radius 3 is 2.26 bits per heavy atom. The summed E-state index contributed by atoms with van der Waals surface area (Å²) in [5, 5.41) is 8.29. The zero-order valence-corrected chi connectivity index (χ0v) is 14.2. The maximum Gasteiger partial charge on any atom is 0.238 e. The van der Waals surface area contributed by atoms with Crippen molar-refractivity contribution in [1.82, 2.24) is 5.32 Å². The van der Waals surface area contributed by atoms with Gasteiger partial charge in [0.25, 0.3) is 0 Å². The van der Waals surface area contributed by atoms with Crippen molar-refractivity contribution in [2.75, 3.05) is 13.1 Å². The van der Waals surface area contributed by atoms with Gasteiger partial charge in [0, 0.05) is 12.1 Å². The van der Waals surface area contributed by atoms with Crippen LogP contribution < -0.4 is 10.5 Å². The molecule has 0 unspecified atom stereocenters. The SMILES string of the molecule is Cl.NS(=O)(=O)c1ccc(CCNCC#Cc2ccccc2)cc1. The second-order valence-electron chi connectivity index (χ2n) is 4.78. The van der Waals surface area contributed by atoms with Gasteiger partial charge in [-0.3, -0.25) is 0 Å². The normalized spacial score (nSPS) is 10.3. The first-order chi connectivity index (χ1) is 10.6. The van der Waals surface area contributed by atoms with Crippen LogP contribution in [-0.2, 0) is 16.4 Å². The van der Waals surface area contributed by atoms with Crippen molar-refractivity contribution in [1.29, 1.82) is 0 Å². The van der Waals surface area contributed by atoms with Crippen molar-refractivity contribution in [2.45, 2.75) is 11.3 Å². The fraction of sp³-hybridized carbons (Fsp3) is 0.176. The predicted octanol–water partition coefficient (Wildman–Crippen LogP) is 1.94. The predicted molar refractivity (Wildman–Crippen MR) is 95.0 cm³/mol. The Bertz CT molecular complexity index is 764. The van der Waals surface area contributed by atoms with E-state index >= 15 is 0 Å². The van der Waals surface area contributed by atoms with Crippen molar-refractivity contribution in [3.8, 4) is 11.8 Å². The van der Waals surface area contributed by atoms with Crippen molar-refractivity contribution < 1.29 is 8.42 Å². The quantitative estimate of drug-likeness (QED) is 0.639. The van der Waals surface area contributed by atoms with Crippen LogP contribution in [0.15, 0.2) is 59.5 Å². The smallest absolute Gasteiger partial charge is 0.238 e. The highest BCUT2D eigenvalue weighted by molar-refractivity contribution is 7.89. The number of nitrogens with one attached hydrogen (secondary N) is 1. The minimum Gasteiger partial charge on any atom is -0.306 e. The first-order valence-corrected chi connectivity index (χ1v) is 8.47. The van der Waals surface area contributed by atoms with Crippen LogP contribution in [0.25, 0.3) is 0 Å². The molecule has 6 heteroatoms. The standard InChI is InChI=1S/C17H18N2O2S.ClH/c18-22(20,21)17-10-8-16(9-11-17)12-14-19-13-4-7-15-5-2-1-3-6-15;/h1-3,5-6,8-11,19H,12-14H2,(H2,18,20,21);1H. The summed E-state index contributed by atoms with van der Waals surface area (Å²) >= 11 is 0. The largest absolute Gasteiger partial charge is 0.306 e. The lowest BCUT2D eigenvalue weighted by molar-refractivity contribution is 0.597. The van der Waals surface area contributed by atoms with Crippen LogP contribution in [0.2, 0.25) is 0 Å². The zero-order chi connectivity index (χ0) is 15.8.